The molecule has 0 radical (unpaired) electrons. The molecule has 0 unspecified atom stereocenters. The Morgan fingerprint density at radius 1 is 1.08 bits per heavy atom. The molecule has 2 aromatic rings. The number of hydrogen-bond acceptors (Lipinski definition) is 3. The van der Waals surface area contributed by atoms with E-state index in [0.29, 0.717) is 10.2 Å². The summed E-state index contributed by atoms with van der Waals surface area (Å²) in [4.78, 5) is 12.3. The van der Waals surface area contributed by atoms with Crippen LogP contribution < -0.4 is 10.5 Å². The van der Waals surface area contributed by atoms with Crippen LogP contribution in [0.3, 0.4) is 0 Å². The zero-order valence-corrected chi connectivity index (χ0v) is 16.0. The monoisotopic (exact) mass is 410 g/mol. The molecule has 0 aliphatic heterocycles. The average Bonchev–Trinajstić information content (AvgIpc) is 2.46. The Kier molecular flexibility index (Phi) is 5.17. The van der Waals surface area contributed by atoms with E-state index in [0.717, 1.165) is 5.56 Å². The first-order valence-electron chi connectivity index (χ1n) is 7.23. The van der Waals surface area contributed by atoms with Gasteiger partial charge < -0.3 is 5.32 Å². The van der Waals surface area contributed by atoms with Crippen molar-refractivity contribution in [2.24, 2.45) is 5.14 Å². The molecule has 0 aromatic heterocycles. The number of hydrogen-bond donors (Lipinski definition) is 2. The standard InChI is InChI=1S/C17H19BrN2O3S/c1-17(2,3)11-4-6-12(7-5-11)20-16(21)14-10-13(24(19,22)23)8-9-15(14)18/h4-10H,1-3H3,(H,20,21)(H2,19,22,23). The third kappa shape index (κ3) is 4.43. The molecule has 7 heteroatoms. The van der Waals surface area contributed by atoms with Gasteiger partial charge in [0.25, 0.3) is 5.91 Å². The van der Waals surface area contributed by atoms with Crippen molar-refractivity contribution in [3.05, 3.63) is 58.1 Å². The van der Waals surface area contributed by atoms with E-state index in [1.54, 1.807) is 0 Å². The summed E-state index contributed by atoms with van der Waals surface area (Å²) in [5.74, 6) is -0.420. The fourth-order valence-corrected chi connectivity index (χ4v) is 3.07. The topological polar surface area (TPSA) is 89.3 Å². The van der Waals surface area contributed by atoms with Crippen LogP contribution in [-0.4, -0.2) is 14.3 Å². The van der Waals surface area contributed by atoms with Crippen LogP contribution in [0.25, 0.3) is 0 Å². The van der Waals surface area contributed by atoms with E-state index >= 15 is 0 Å². The molecule has 128 valence electrons. The second kappa shape index (κ2) is 6.66. The van der Waals surface area contributed by atoms with Gasteiger partial charge in [0.15, 0.2) is 0 Å². The molecule has 0 aliphatic carbocycles. The van der Waals surface area contributed by atoms with Gasteiger partial charge in [0.05, 0.1) is 10.5 Å². The highest BCUT2D eigenvalue weighted by molar-refractivity contribution is 9.10. The van der Waals surface area contributed by atoms with Crippen molar-refractivity contribution in [3.8, 4) is 0 Å². The Bertz CT molecular complexity index is 870. The van der Waals surface area contributed by atoms with Crippen LogP contribution in [0, 0.1) is 0 Å². The number of rotatable bonds is 3. The normalized spacial score (nSPS) is 12.0. The number of amides is 1. The second-order valence-corrected chi connectivity index (χ2v) is 8.88. The van der Waals surface area contributed by atoms with Crippen molar-refractivity contribution >= 4 is 37.5 Å². The highest BCUT2D eigenvalue weighted by Gasteiger charge is 2.17. The highest BCUT2D eigenvalue weighted by Crippen LogP contribution is 2.25. The van der Waals surface area contributed by atoms with Crippen molar-refractivity contribution in [2.45, 2.75) is 31.1 Å². The van der Waals surface area contributed by atoms with Crippen LogP contribution in [-0.2, 0) is 15.4 Å². The number of carbonyl (C=O) groups excluding carboxylic acids is 1. The minimum absolute atomic E-state index is 0.0232. The summed E-state index contributed by atoms with van der Waals surface area (Å²) in [6, 6.07) is 11.6. The van der Waals surface area contributed by atoms with E-state index < -0.39 is 15.9 Å². The predicted molar refractivity (Wildman–Crippen MR) is 98.6 cm³/mol. The lowest BCUT2D eigenvalue weighted by molar-refractivity contribution is 0.102. The number of nitrogens with one attached hydrogen (secondary N) is 1. The molecule has 0 spiro atoms. The van der Waals surface area contributed by atoms with Crippen molar-refractivity contribution in [3.63, 3.8) is 0 Å². The minimum Gasteiger partial charge on any atom is -0.322 e. The van der Waals surface area contributed by atoms with Gasteiger partial charge in [0, 0.05) is 10.2 Å². The minimum atomic E-state index is -3.87. The molecule has 0 fully saturated rings. The van der Waals surface area contributed by atoms with Gasteiger partial charge in [-0.1, -0.05) is 32.9 Å². The van der Waals surface area contributed by atoms with Gasteiger partial charge in [0.1, 0.15) is 0 Å². The molecule has 0 saturated carbocycles. The van der Waals surface area contributed by atoms with Gasteiger partial charge >= 0.3 is 0 Å². The van der Waals surface area contributed by atoms with Crippen molar-refractivity contribution < 1.29 is 13.2 Å². The van der Waals surface area contributed by atoms with Crippen LogP contribution in [0.4, 0.5) is 5.69 Å². The lowest BCUT2D eigenvalue weighted by Gasteiger charge is -2.19. The molecule has 1 amide bonds. The quantitative estimate of drug-likeness (QED) is 0.808. The molecule has 0 heterocycles. The van der Waals surface area contributed by atoms with Gasteiger partial charge in [-0.2, -0.15) is 0 Å². The average molecular weight is 411 g/mol. The first-order valence-corrected chi connectivity index (χ1v) is 9.56. The van der Waals surface area contributed by atoms with E-state index in [1.165, 1.54) is 18.2 Å². The van der Waals surface area contributed by atoms with Gasteiger partial charge in [-0.15, -0.1) is 0 Å². The molecule has 2 rings (SSSR count). The summed E-state index contributed by atoms with van der Waals surface area (Å²) in [5.41, 5.74) is 2.00. The Balaban J connectivity index is 2.27. The summed E-state index contributed by atoms with van der Waals surface area (Å²) >= 11 is 3.25. The SMILES string of the molecule is CC(C)(C)c1ccc(NC(=O)c2cc(S(N)(=O)=O)ccc2Br)cc1. The first-order chi connectivity index (χ1) is 11.0. The van der Waals surface area contributed by atoms with Crippen LogP contribution in [0.15, 0.2) is 51.8 Å². The number of halogens is 1. The maximum absolute atomic E-state index is 12.4. The Labute approximate surface area is 150 Å². The lowest BCUT2D eigenvalue weighted by atomic mass is 9.87. The molecule has 5 nitrogen and oxygen atoms in total. The number of nitrogens with two attached hydrogens (primary N) is 1. The molecule has 0 saturated heterocycles. The maximum atomic E-state index is 12.4. The summed E-state index contributed by atoms with van der Waals surface area (Å²) in [7, 11) is -3.87. The summed E-state index contributed by atoms with van der Waals surface area (Å²) < 4.78 is 23.4. The van der Waals surface area contributed by atoms with E-state index in [4.69, 9.17) is 5.14 Å². The molecule has 24 heavy (non-hydrogen) atoms. The van der Waals surface area contributed by atoms with Crippen LogP contribution in [0.5, 0.6) is 0 Å². The smallest absolute Gasteiger partial charge is 0.256 e. The van der Waals surface area contributed by atoms with Gasteiger partial charge in [-0.25, -0.2) is 13.6 Å². The Morgan fingerprint density at radius 2 is 1.67 bits per heavy atom. The highest BCUT2D eigenvalue weighted by atomic mass is 79.9. The predicted octanol–water partition coefficient (Wildman–Crippen LogP) is 3.65. The van der Waals surface area contributed by atoms with E-state index in [1.807, 2.05) is 24.3 Å². The van der Waals surface area contributed by atoms with E-state index in [-0.39, 0.29) is 15.9 Å². The van der Waals surface area contributed by atoms with Crippen molar-refractivity contribution in [1.82, 2.24) is 0 Å². The van der Waals surface area contributed by atoms with Crippen LogP contribution in [0.2, 0.25) is 0 Å². The number of primary sulfonamides is 1. The van der Waals surface area contributed by atoms with Gasteiger partial charge in [-0.05, 0) is 57.2 Å². The summed E-state index contributed by atoms with van der Waals surface area (Å²) in [5, 5.41) is 7.86. The summed E-state index contributed by atoms with van der Waals surface area (Å²) in [6.45, 7) is 6.32. The lowest BCUT2D eigenvalue weighted by Crippen LogP contribution is -2.16. The number of anilines is 1. The van der Waals surface area contributed by atoms with Crippen molar-refractivity contribution in [2.75, 3.05) is 5.32 Å². The molecule has 2 aromatic carbocycles. The van der Waals surface area contributed by atoms with E-state index in [9.17, 15) is 13.2 Å². The molecular formula is C17H19BrN2O3S. The van der Waals surface area contributed by atoms with Gasteiger partial charge in [0.2, 0.25) is 10.0 Å². The number of sulfonamides is 1. The number of carbonyl (C=O) groups is 1. The largest absolute Gasteiger partial charge is 0.322 e. The van der Waals surface area contributed by atoms with Gasteiger partial charge in [-0.3, -0.25) is 4.79 Å². The molecular weight excluding hydrogens is 392 g/mol. The molecule has 0 atom stereocenters. The molecule has 0 aliphatic rings. The maximum Gasteiger partial charge on any atom is 0.256 e. The van der Waals surface area contributed by atoms with Crippen molar-refractivity contribution in [1.29, 1.82) is 0 Å². The third-order valence-corrected chi connectivity index (χ3v) is 5.12. The number of benzene rings is 2. The summed E-state index contributed by atoms with van der Waals surface area (Å²) in [6.07, 6.45) is 0. The zero-order chi connectivity index (χ0) is 18.1. The fourth-order valence-electron chi connectivity index (χ4n) is 2.11. The zero-order valence-electron chi connectivity index (χ0n) is 13.6. The second-order valence-electron chi connectivity index (χ2n) is 6.47. The fraction of sp³-hybridized carbons (Fsp3) is 0.235. The Hall–Kier alpha value is -1.70. The van der Waals surface area contributed by atoms with Crippen LogP contribution in [0.1, 0.15) is 36.7 Å². The van der Waals surface area contributed by atoms with E-state index in [2.05, 4.69) is 42.0 Å². The van der Waals surface area contributed by atoms with Crippen LogP contribution >= 0.6 is 15.9 Å². The molecule has 3 N–H and O–H groups in total. The Morgan fingerprint density at radius 3 is 2.17 bits per heavy atom. The first kappa shape index (κ1) is 18.6. The third-order valence-electron chi connectivity index (χ3n) is 3.52. The molecule has 0 bridgehead atoms.